The van der Waals surface area contributed by atoms with Gasteiger partial charge in [0.1, 0.15) is 18.1 Å². The van der Waals surface area contributed by atoms with Crippen LogP contribution in [0.15, 0.2) is 71.3 Å². The van der Waals surface area contributed by atoms with Crippen LogP contribution in [0.25, 0.3) is 0 Å². The number of nitrogens with one attached hydrogen (secondary N) is 3. The summed E-state index contributed by atoms with van der Waals surface area (Å²) in [5.74, 6) is 1.000. The van der Waals surface area contributed by atoms with Gasteiger partial charge in [-0.2, -0.15) is 0 Å². The van der Waals surface area contributed by atoms with Gasteiger partial charge in [0.2, 0.25) is 5.91 Å². The summed E-state index contributed by atoms with van der Waals surface area (Å²) in [4.78, 5) is 24.5. The molecule has 4 rings (SSSR count). The van der Waals surface area contributed by atoms with Crippen LogP contribution in [0, 0.1) is 0 Å². The number of hydrogen-bond acceptors (Lipinski definition) is 6. The van der Waals surface area contributed by atoms with Crippen LogP contribution < -0.4 is 20.7 Å². The van der Waals surface area contributed by atoms with Crippen molar-refractivity contribution in [2.24, 2.45) is 0 Å². The van der Waals surface area contributed by atoms with Crippen LogP contribution in [0.1, 0.15) is 29.0 Å². The molecule has 0 bridgehead atoms. The quantitative estimate of drug-likeness (QED) is 0.435. The van der Waals surface area contributed by atoms with Gasteiger partial charge in [0.25, 0.3) is 5.91 Å². The highest BCUT2D eigenvalue weighted by atomic mass is 16.5. The molecular formula is C25H27N3O5. The van der Waals surface area contributed by atoms with E-state index in [1.165, 1.54) is 0 Å². The molecule has 3 N–H and O–H groups in total. The molecule has 2 aromatic carbocycles. The average Bonchev–Trinajstić information content (AvgIpc) is 3.55. The molecule has 8 nitrogen and oxygen atoms in total. The predicted molar refractivity (Wildman–Crippen MR) is 124 cm³/mol. The maximum atomic E-state index is 12.3. The van der Waals surface area contributed by atoms with Gasteiger partial charge in [0.15, 0.2) is 0 Å². The molecule has 0 saturated carbocycles. The fourth-order valence-electron chi connectivity index (χ4n) is 3.44. The van der Waals surface area contributed by atoms with E-state index >= 15 is 0 Å². The average molecular weight is 450 g/mol. The van der Waals surface area contributed by atoms with E-state index in [1.807, 2.05) is 24.3 Å². The Morgan fingerprint density at radius 3 is 2.67 bits per heavy atom. The van der Waals surface area contributed by atoms with E-state index in [1.54, 1.807) is 42.7 Å². The Hall–Kier alpha value is -3.78. The van der Waals surface area contributed by atoms with Crippen LogP contribution in [-0.4, -0.2) is 37.7 Å². The third-order valence-corrected chi connectivity index (χ3v) is 5.18. The molecule has 1 unspecified atom stereocenters. The summed E-state index contributed by atoms with van der Waals surface area (Å²) in [6.45, 7) is 1.74. The molecule has 3 aromatic rings. The Balaban J connectivity index is 1.21. The number of amides is 2. The van der Waals surface area contributed by atoms with E-state index in [0.717, 1.165) is 30.9 Å². The van der Waals surface area contributed by atoms with Gasteiger partial charge in [-0.25, -0.2) is 0 Å². The zero-order chi connectivity index (χ0) is 22.9. The fourth-order valence-corrected chi connectivity index (χ4v) is 3.44. The first-order chi connectivity index (χ1) is 16.2. The first-order valence-electron chi connectivity index (χ1n) is 10.9. The third-order valence-electron chi connectivity index (χ3n) is 5.18. The molecule has 8 heteroatoms. The second kappa shape index (κ2) is 11.2. The van der Waals surface area contributed by atoms with Crippen molar-refractivity contribution in [3.05, 3.63) is 78.3 Å². The van der Waals surface area contributed by atoms with E-state index in [2.05, 4.69) is 16.0 Å². The molecular weight excluding hydrogens is 422 g/mol. The minimum absolute atomic E-state index is 0.0978. The Kier molecular flexibility index (Phi) is 7.60. The molecule has 33 heavy (non-hydrogen) atoms. The van der Waals surface area contributed by atoms with Crippen molar-refractivity contribution >= 4 is 23.2 Å². The van der Waals surface area contributed by atoms with E-state index < -0.39 is 0 Å². The van der Waals surface area contributed by atoms with Gasteiger partial charge in [-0.1, -0.05) is 6.07 Å². The van der Waals surface area contributed by atoms with Crippen LogP contribution in [0.5, 0.6) is 5.75 Å². The van der Waals surface area contributed by atoms with Crippen LogP contribution in [0.3, 0.4) is 0 Å². The Morgan fingerprint density at radius 1 is 1.03 bits per heavy atom. The predicted octanol–water partition coefficient (Wildman–Crippen LogP) is 3.82. The summed E-state index contributed by atoms with van der Waals surface area (Å²) in [5.41, 5.74) is 1.90. The van der Waals surface area contributed by atoms with Gasteiger partial charge in [-0.3, -0.25) is 9.59 Å². The molecule has 1 atom stereocenters. The largest absolute Gasteiger partial charge is 0.491 e. The minimum atomic E-state index is -0.215. The molecule has 1 fully saturated rings. The molecule has 1 aromatic heterocycles. The lowest BCUT2D eigenvalue weighted by Crippen LogP contribution is -2.23. The fraction of sp³-hybridized carbons (Fsp3) is 0.280. The molecule has 2 heterocycles. The lowest BCUT2D eigenvalue weighted by Gasteiger charge is -2.13. The Bertz CT molecular complexity index is 1040. The maximum Gasteiger partial charge on any atom is 0.251 e. The molecule has 1 aliphatic rings. The monoisotopic (exact) mass is 449 g/mol. The van der Waals surface area contributed by atoms with Crippen molar-refractivity contribution in [2.45, 2.75) is 25.5 Å². The summed E-state index contributed by atoms with van der Waals surface area (Å²) in [5, 5.41) is 8.69. The smallest absolute Gasteiger partial charge is 0.251 e. The number of carbonyl (C=O) groups is 2. The van der Waals surface area contributed by atoms with Crippen LogP contribution in [-0.2, 0) is 16.1 Å². The zero-order valence-electron chi connectivity index (χ0n) is 18.2. The highest BCUT2D eigenvalue weighted by molar-refractivity contribution is 5.96. The highest BCUT2D eigenvalue weighted by Gasteiger charge is 2.16. The van der Waals surface area contributed by atoms with Crippen LogP contribution in [0.2, 0.25) is 0 Å². The van der Waals surface area contributed by atoms with Crippen molar-refractivity contribution in [3.63, 3.8) is 0 Å². The zero-order valence-corrected chi connectivity index (χ0v) is 18.2. The number of rotatable bonds is 10. The standard InChI is InChI=1S/C25H27N3O5/c29-24(16-26-20-4-1-5-21(14-20)33-17-23-7-3-13-32-23)28-19-10-8-18(9-11-19)25(30)27-15-22-6-2-12-31-22/h1-2,4-6,8-12,14,23,26H,3,7,13,15-17H2,(H,27,30)(H,28,29). The number of furan rings is 1. The normalized spacial score (nSPS) is 15.1. The van der Waals surface area contributed by atoms with Crippen LogP contribution in [0.4, 0.5) is 11.4 Å². The van der Waals surface area contributed by atoms with Crippen LogP contribution >= 0.6 is 0 Å². The van der Waals surface area contributed by atoms with Crippen molar-refractivity contribution in [3.8, 4) is 5.75 Å². The van der Waals surface area contributed by atoms with E-state index in [-0.39, 0.29) is 24.5 Å². The number of anilines is 2. The summed E-state index contributed by atoms with van der Waals surface area (Å²) >= 11 is 0. The first kappa shape index (κ1) is 22.4. The first-order valence-corrected chi connectivity index (χ1v) is 10.9. The topological polar surface area (TPSA) is 102 Å². The van der Waals surface area contributed by atoms with Gasteiger partial charge in [-0.15, -0.1) is 0 Å². The SMILES string of the molecule is O=C(CNc1cccc(OCC2CCCO2)c1)Nc1ccc(C(=O)NCc2ccco2)cc1. The van der Waals surface area contributed by atoms with Gasteiger partial charge in [0, 0.05) is 29.6 Å². The summed E-state index contributed by atoms with van der Waals surface area (Å²) in [6, 6.07) is 17.8. The summed E-state index contributed by atoms with van der Waals surface area (Å²) in [7, 11) is 0. The molecule has 2 amide bonds. The molecule has 0 aliphatic carbocycles. The van der Waals surface area contributed by atoms with E-state index in [9.17, 15) is 9.59 Å². The van der Waals surface area contributed by atoms with Crippen molar-refractivity contribution in [1.82, 2.24) is 5.32 Å². The Morgan fingerprint density at radius 2 is 1.91 bits per heavy atom. The van der Waals surface area contributed by atoms with E-state index in [0.29, 0.717) is 30.2 Å². The molecule has 0 radical (unpaired) electrons. The van der Waals surface area contributed by atoms with Gasteiger partial charge >= 0.3 is 0 Å². The summed E-state index contributed by atoms with van der Waals surface area (Å²) in [6.07, 6.45) is 3.81. The van der Waals surface area contributed by atoms with Gasteiger partial charge in [-0.05, 0) is 61.4 Å². The van der Waals surface area contributed by atoms with Gasteiger partial charge in [0.05, 0.1) is 25.5 Å². The number of carbonyl (C=O) groups excluding carboxylic acids is 2. The molecule has 1 aliphatic heterocycles. The van der Waals surface area contributed by atoms with Crippen molar-refractivity contribution in [2.75, 3.05) is 30.4 Å². The van der Waals surface area contributed by atoms with Crippen molar-refractivity contribution < 1.29 is 23.5 Å². The lowest BCUT2D eigenvalue weighted by molar-refractivity contribution is -0.114. The maximum absolute atomic E-state index is 12.3. The minimum Gasteiger partial charge on any atom is -0.491 e. The molecule has 1 saturated heterocycles. The molecule has 0 spiro atoms. The number of ether oxygens (including phenoxy) is 2. The summed E-state index contributed by atoms with van der Waals surface area (Å²) < 4.78 is 16.6. The third kappa shape index (κ3) is 6.85. The van der Waals surface area contributed by atoms with Gasteiger partial charge < -0.3 is 29.8 Å². The second-order valence-corrected chi connectivity index (χ2v) is 7.71. The Labute approximate surface area is 192 Å². The number of hydrogen-bond donors (Lipinski definition) is 3. The highest BCUT2D eigenvalue weighted by Crippen LogP contribution is 2.19. The lowest BCUT2D eigenvalue weighted by atomic mass is 10.2. The number of benzene rings is 2. The molecule has 172 valence electrons. The van der Waals surface area contributed by atoms with Crippen molar-refractivity contribution in [1.29, 1.82) is 0 Å². The second-order valence-electron chi connectivity index (χ2n) is 7.71. The van der Waals surface area contributed by atoms with E-state index in [4.69, 9.17) is 13.9 Å².